The SMILES string of the molecule is CC(C)N1CC(=O)NC(c2ccc(O)cc2)C1=O. The van der Waals surface area contributed by atoms with E-state index < -0.39 is 6.04 Å². The van der Waals surface area contributed by atoms with Crippen molar-refractivity contribution in [3.05, 3.63) is 29.8 Å². The van der Waals surface area contributed by atoms with Gasteiger partial charge >= 0.3 is 0 Å². The highest BCUT2D eigenvalue weighted by atomic mass is 16.3. The second-order valence-corrected chi connectivity index (χ2v) is 4.65. The van der Waals surface area contributed by atoms with Crippen molar-refractivity contribution in [1.82, 2.24) is 10.2 Å². The first-order valence-corrected chi connectivity index (χ1v) is 5.88. The molecule has 1 heterocycles. The molecule has 0 radical (unpaired) electrons. The van der Waals surface area contributed by atoms with Gasteiger partial charge in [0.25, 0.3) is 5.91 Å². The van der Waals surface area contributed by atoms with Crippen molar-refractivity contribution in [2.75, 3.05) is 6.54 Å². The van der Waals surface area contributed by atoms with E-state index in [0.717, 1.165) is 0 Å². The Balaban J connectivity index is 2.28. The van der Waals surface area contributed by atoms with Crippen molar-refractivity contribution in [3.8, 4) is 5.75 Å². The van der Waals surface area contributed by atoms with Gasteiger partial charge in [0, 0.05) is 6.04 Å². The van der Waals surface area contributed by atoms with Crippen molar-refractivity contribution in [1.29, 1.82) is 0 Å². The standard InChI is InChI=1S/C13H16N2O3/c1-8(2)15-7-11(17)14-12(13(15)18)9-3-5-10(16)6-4-9/h3-6,8,12,16H,7H2,1-2H3,(H,14,17). The molecule has 18 heavy (non-hydrogen) atoms. The second-order valence-electron chi connectivity index (χ2n) is 4.65. The van der Waals surface area contributed by atoms with Crippen molar-refractivity contribution < 1.29 is 14.7 Å². The molecule has 1 unspecified atom stereocenters. The third-order valence-electron chi connectivity index (χ3n) is 3.00. The molecule has 1 saturated heterocycles. The minimum atomic E-state index is -0.658. The summed E-state index contributed by atoms with van der Waals surface area (Å²) in [6.45, 7) is 3.86. The minimum absolute atomic E-state index is 0.0110. The molecule has 1 atom stereocenters. The number of amides is 2. The fourth-order valence-corrected chi connectivity index (χ4v) is 2.00. The molecule has 1 aliphatic heterocycles. The van der Waals surface area contributed by atoms with Crippen LogP contribution in [0.4, 0.5) is 0 Å². The van der Waals surface area contributed by atoms with Crippen LogP contribution in [-0.2, 0) is 9.59 Å². The Labute approximate surface area is 105 Å². The van der Waals surface area contributed by atoms with E-state index >= 15 is 0 Å². The fourth-order valence-electron chi connectivity index (χ4n) is 2.00. The van der Waals surface area contributed by atoms with E-state index in [-0.39, 0.29) is 30.2 Å². The molecule has 96 valence electrons. The molecule has 0 bridgehead atoms. The summed E-state index contributed by atoms with van der Waals surface area (Å²) in [5, 5.41) is 11.9. The Morgan fingerprint density at radius 2 is 1.89 bits per heavy atom. The Morgan fingerprint density at radius 3 is 2.44 bits per heavy atom. The van der Waals surface area contributed by atoms with Crippen LogP contribution >= 0.6 is 0 Å². The predicted molar refractivity (Wildman–Crippen MR) is 65.8 cm³/mol. The first-order valence-electron chi connectivity index (χ1n) is 5.88. The number of nitrogens with zero attached hydrogens (tertiary/aromatic N) is 1. The van der Waals surface area contributed by atoms with Gasteiger partial charge in [-0.1, -0.05) is 12.1 Å². The predicted octanol–water partition coefficient (Wildman–Crippen LogP) is 0.800. The number of benzene rings is 1. The molecule has 0 aromatic heterocycles. The van der Waals surface area contributed by atoms with Gasteiger partial charge in [0.2, 0.25) is 5.91 Å². The molecule has 1 aliphatic rings. The summed E-state index contributed by atoms with van der Waals surface area (Å²) in [6, 6.07) is 5.62. The van der Waals surface area contributed by atoms with Gasteiger partial charge in [0.15, 0.2) is 0 Å². The zero-order valence-corrected chi connectivity index (χ0v) is 10.4. The molecule has 0 saturated carbocycles. The summed E-state index contributed by atoms with van der Waals surface area (Å²) in [4.78, 5) is 25.4. The number of aromatic hydroxyl groups is 1. The van der Waals surface area contributed by atoms with Gasteiger partial charge in [0.05, 0.1) is 6.54 Å². The van der Waals surface area contributed by atoms with E-state index in [1.807, 2.05) is 13.8 Å². The van der Waals surface area contributed by atoms with E-state index in [1.54, 1.807) is 17.0 Å². The average Bonchev–Trinajstić information content (AvgIpc) is 2.32. The summed E-state index contributed by atoms with van der Waals surface area (Å²) in [5.41, 5.74) is 0.677. The van der Waals surface area contributed by atoms with Crippen LogP contribution in [0.5, 0.6) is 5.75 Å². The van der Waals surface area contributed by atoms with Crippen molar-refractivity contribution >= 4 is 11.8 Å². The Morgan fingerprint density at radius 1 is 1.28 bits per heavy atom. The van der Waals surface area contributed by atoms with Crippen LogP contribution in [-0.4, -0.2) is 34.4 Å². The third kappa shape index (κ3) is 2.30. The summed E-state index contributed by atoms with van der Waals surface area (Å²) < 4.78 is 0. The highest BCUT2D eigenvalue weighted by Gasteiger charge is 2.34. The lowest BCUT2D eigenvalue weighted by molar-refractivity contribution is -0.146. The fraction of sp³-hybridized carbons (Fsp3) is 0.385. The van der Waals surface area contributed by atoms with E-state index in [2.05, 4.69) is 5.32 Å². The molecular weight excluding hydrogens is 232 g/mol. The average molecular weight is 248 g/mol. The van der Waals surface area contributed by atoms with Gasteiger partial charge in [0.1, 0.15) is 11.8 Å². The summed E-state index contributed by atoms with van der Waals surface area (Å²) in [6.07, 6.45) is 0. The number of phenolic OH excluding ortho intramolecular Hbond substituents is 1. The lowest BCUT2D eigenvalue weighted by Gasteiger charge is -2.35. The smallest absolute Gasteiger partial charge is 0.250 e. The first kappa shape index (κ1) is 12.4. The summed E-state index contributed by atoms with van der Waals surface area (Å²) >= 11 is 0. The van der Waals surface area contributed by atoms with Gasteiger partial charge in [-0.05, 0) is 31.5 Å². The summed E-state index contributed by atoms with van der Waals surface area (Å²) in [5.74, 6) is -0.147. The molecule has 1 fully saturated rings. The largest absolute Gasteiger partial charge is 0.508 e. The number of hydrogen-bond donors (Lipinski definition) is 2. The molecule has 0 spiro atoms. The molecule has 0 aliphatic carbocycles. The quantitative estimate of drug-likeness (QED) is 0.813. The topological polar surface area (TPSA) is 69.6 Å². The maximum atomic E-state index is 12.2. The number of phenols is 1. The minimum Gasteiger partial charge on any atom is -0.508 e. The van der Waals surface area contributed by atoms with Gasteiger partial charge in [-0.3, -0.25) is 9.59 Å². The molecule has 1 aromatic rings. The second kappa shape index (κ2) is 4.68. The number of piperazine rings is 1. The zero-order valence-electron chi connectivity index (χ0n) is 10.4. The number of carbonyl (C=O) groups is 2. The Kier molecular flexibility index (Phi) is 3.23. The molecule has 2 rings (SSSR count). The van der Waals surface area contributed by atoms with Gasteiger partial charge in [-0.2, -0.15) is 0 Å². The lowest BCUT2D eigenvalue weighted by atomic mass is 10.0. The lowest BCUT2D eigenvalue weighted by Crippen LogP contribution is -2.55. The molecule has 5 heteroatoms. The van der Waals surface area contributed by atoms with Crippen LogP contribution < -0.4 is 5.32 Å². The van der Waals surface area contributed by atoms with E-state index in [0.29, 0.717) is 5.56 Å². The van der Waals surface area contributed by atoms with Crippen molar-refractivity contribution in [2.45, 2.75) is 25.9 Å². The maximum absolute atomic E-state index is 12.2. The molecule has 2 amide bonds. The highest BCUT2D eigenvalue weighted by molar-refractivity contribution is 5.95. The number of nitrogens with one attached hydrogen (secondary N) is 1. The van der Waals surface area contributed by atoms with E-state index in [9.17, 15) is 14.7 Å². The molecule has 5 nitrogen and oxygen atoms in total. The normalized spacial score (nSPS) is 20.2. The Hall–Kier alpha value is -2.04. The monoisotopic (exact) mass is 248 g/mol. The van der Waals surface area contributed by atoms with Crippen molar-refractivity contribution in [2.24, 2.45) is 0 Å². The van der Waals surface area contributed by atoms with Crippen LogP contribution in [0.25, 0.3) is 0 Å². The zero-order chi connectivity index (χ0) is 13.3. The van der Waals surface area contributed by atoms with Crippen LogP contribution in [0, 0.1) is 0 Å². The number of carbonyl (C=O) groups excluding carboxylic acids is 2. The van der Waals surface area contributed by atoms with Gasteiger partial charge in [-0.15, -0.1) is 0 Å². The van der Waals surface area contributed by atoms with E-state index in [1.165, 1.54) is 12.1 Å². The van der Waals surface area contributed by atoms with Crippen molar-refractivity contribution in [3.63, 3.8) is 0 Å². The summed E-state index contributed by atoms with van der Waals surface area (Å²) in [7, 11) is 0. The number of rotatable bonds is 2. The molecule has 1 aromatic carbocycles. The highest BCUT2D eigenvalue weighted by Crippen LogP contribution is 2.22. The molecular formula is C13H16N2O3. The van der Waals surface area contributed by atoms with E-state index in [4.69, 9.17) is 0 Å². The van der Waals surface area contributed by atoms with Crippen LogP contribution in [0.2, 0.25) is 0 Å². The third-order valence-corrected chi connectivity index (χ3v) is 3.00. The van der Waals surface area contributed by atoms with Crippen LogP contribution in [0.3, 0.4) is 0 Å². The first-order chi connectivity index (χ1) is 8.49. The van der Waals surface area contributed by atoms with Crippen LogP contribution in [0.15, 0.2) is 24.3 Å². The Bertz CT molecular complexity index is 468. The number of hydrogen-bond acceptors (Lipinski definition) is 3. The van der Waals surface area contributed by atoms with Crippen LogP contribution in [0.1, 0.15) is 25.5 Å². The molecule has 2 N–H and O–H groups in total. The van der Waals surface area contributed by atoms with Gasteiger partial charge in [-0.25, -0.2) is 0 Å². The van der Waals surface area contributed by atoms with Gasteiger partial charge < -0.3 is 15.3 Å². The maximum Gasteiger partial charge on any atom is 0.250 e.